The molecule has 1 unspecified atom stereocenters. The molecule has 3 rings (SSSR count). The van der Waals surface area contributed by atoms with E-state index in [1.165, 1.54) is 17.8 Å². The number of halogens is 1. The van der Waals surface area contributed by atoms with Crippen LogP contribution in [0, 0.1) is 5.82 Å². The van der Waals surface area contributed by atoms with E-state index in [-0.39, 0.29) is 18.3 Å². The molecule has 7 nitrogen and oxygen atoms in total. The number of nitrogens with zero attached hydrogens (tertiary/aromatic N) is 4. The maximum Gasteiger partial charge on any atom is 0.237 e. The van der Waals surface area contributed by atoms with Crippen LogP contribution in [-0.4, -0.2) is 40.0 Å². The van der Waals surface area contributed by atoms with Crippen LogP contribution in [0.15, 0.2) is 66.3 Å². The molecule has 1 aromatic heterocycles. The summed E-state index contributed by atoms with van der Waals surface area (Å²) in [5.74, 6) is 0.0659. The molecule has 1 N–H and O–H groups in total. The molecular formula is C23H26FN5O2S. The molecule has 0 radical (unpaired) electrons. The zero-order chi connectivity index (χ0) is 23.1. The van der Waals surface area contributed by atoms with Gasteiger partial charge in [-0.2, -0.15) is 0 Å². The van der Waals surface area contributed by atoms with Crippen molar-refractivity contribution >= 4 is 29.0 Å². The van der Waals surface area contributed by atoms with Gasteiger partial charge in [0.25, 0.3) is 0 Å². The van der Waals surface area contributed by atoms with Crippen LogP contribution < -0.4 is 15.0 Å². The highest BCUT2D eigenvalue weighted by molar-refractivity contribution is 8.00. The average molecular weight is 456 g/mol. The number of ether oxygens (including phenoxy) is 1. The highest BCUT2D eigenvalue weighted by Crippen LogP contribution is 2.25. The van der Waals surface area contributed by atoms with Gasteiger partial charge in [-0.1, -0.05) is 30.0 Å². The zero-order valence-electron chi connectivity index (χ0n) is 18.3. The Bertz CT molecular complexity index is 1070. The summed E-state index contributed by atoms with van der Waals surface area (Å²) in [4.78, 5) is 14.7. The van der Waals surface area contributed by atoms with Crippen molar-refractivity contribution in [2.45, 2.75) is 30.5 Å². The molecule has 0 fully saturated rings. The van der Waals surface area contributed by atoms with Crippen molar-refractivity contribution < 1.29 is 13.9 Å². The lowest BCUT2D eigenvalue weighted by Gasteiger charge is -2.15. The number of allylic oxidation sites excluding steroid dienone is 1. The normalized spacial score (nSPS) is 11.6. The van der Waals surface area contributed by atoms with Crippen LogP contribution in [0.3, 0.4) is 0 Å². The monoisotopic (exact) mass is 455 g/mol. The van der Waals surface area contributed by atoms with E-state index in [1.54, 1.807) is 35.8 Å². The van der Waals surface area contributed by atoms with E-state index in [9.17, 15) is 9.18 Å². The van der Waals surface area contributed by atoms with E-state index in [4.69, 9.17) is 4.74 Å². The number of thioether (sulfide) groups is 1. The van der Waals surface area contributed by atoms with Crippen LogP contribution in [0.5, 0.6) is 5.75 Å². The minimum Gasteiger partial charge on any atom is -0.483 e. The number of hydrogen-bond donors (Lipinski definition) is 1. The number of carbonyl (C=O) groups is 1. The van der Waals surface area contributed by atoms with Crippen molar-refractivity contribution in [3.05, 3.63) is 72.8 Å². The van der Waals surface area contributed by atoms with Gasteiger partial charge in [0.1, 0.15) is 6.61 Å². The first-order valence-corrected chi connectivity index (χ1v) is 10.9. The molecule has 0 aliphatic heterocycles. The van der Waals surface area contributed by atoms with E-state index >= 15 is 0 Å². The van der Waals surface area contributed by atoms with E-state index in [2.05, 4.69) is 22.1 Å². The summed E-state index contributed by atoms with van der Waals surface area (Å²) >= 11 is 1.28. The Kier molecular flexibility index (Phi) is 7.88. The second-order valence-corrected chi connectivity index (χ2v) is 8.52. The SMILES string of the molecule is C=CCn1c(COc2ccccc2F)nnc1SC(C)C(=O)Nc1ccc(N(C)C)cc1. The molecule has 9 heteroatoms. The van der Waals surface area contributed by atoms with E-state index in [0.717, 1.165) is 11.4 Å². The summed E-state index contributed by atoms with van der Waals surface area (Å²) in [5.41, 5.74) is 1.77. The first kappa shape index (κ1) is 23.3. The lowest BCUT2D eigenvalue weighted by atomic mass is 10.2. The molecule has 1 atom stereocenters. The highest BCUT2D eigenvalue weighted by atomic mass is 32.2. The number of anilines is 2. The molecule has 2 aromatic carbocycles. The van der Waals surface area contributed by atoms with Crippen LogP contribution in [0.1, 0.15) is 12.7 Å². The summed E-state index contributed by atoms with van der Waals surface area (Å²) in [7, 11) is 3.92. The first-order valence-electron chi connectivity index (χ1n) is 10.0. The minimum absolute atomic E-state index is 0.0428. The van der Waals surface area contributed by atoms with Gasteiger partial charge in [-0.25, -0.2) is 4.39 Å². The highest BCUT2D eigenvalue weighted by Gasteiger charge is 2.20. The average Bonchev–Trinajstić information content (AvgIpc) is 3.15. The van der Waals surface area contributed by atoms with Gasteiger partial charge >= 0.3 is 0 Å². The number of amides is 1. The van der Waals surface area contributed by atoms with Crippen LogP contribution in [0.25, 0.3) is 0 Å². The van der Waals surface area contributed by atoms with Crippen molar-refractivity contribution in [3.8, 4) is 5.75 Å². The molecule has 0 saturated carbocycles. The number of benzene rings is 2. The summed E-state index contributed by atoms with van der Waals surface area (Å²) < 4.78 is 21.2. The molecule has 0 aliphatic rings. The predicted octanol–water partition coefficient (Wildman–Crippen LogP) is 4.37. The van der Waals surface area contributed by atoms with Gasteiger partial charge in [-0.3, -0.25) is 9.36 Å². The van der Waals surface area contributed by atoms with Gasteiger partial charge < -0.3 is 15.0 Å². The molecule has 3 aromatic rings. The molecular weight excluding hydrogens is 429 g/mol. The molecule has 168 valence electrons. The molecule has 0 bridgehead atoms. The van der Waals surface area contributed by atoms with Gasteiger partial charge in [0.15, 0.2) is 22.5 Å². The Balaban J connectivity index is 1.65. The standard InChI is InChI=1S/C23H26FN5O2S/c1-5-14-29-21(15-31-20-9-7-6-8-19(20)24)26-27-23(29)32-16(2)22(30)25-17-10-12-18(13-11-17)28(3)4/h5-13,16H,1,14-15H2,2-4H3,(H,25,30). The molecule has 0 aliphatic carbocycles. The van der Waals surface area contributed by atoms with E-state index < -0.39 is 11.1 Å². The number of nitrogens with one attached hydrogen (secondary N) is 1. The molecule has 32 heavy (non-hydrogen) atoms. The Hall–Kier alpha value is -3.33. The molecule has 0 spiro atoms. The lowest BCUT2D eigenvalue weighted by Crippen LogP contribution is -2.23. The summed E-state index contributed by atoms with van der Waals surface area (Å²) in [5, 5.41) is 11.4. The lowest BCUT2D eigenvalue weighted by molar-refractivity contribution is -0.115. The third kappa shape index (κ3) is 5.88. The van der Waals surface area contributed by atoms with Gasteiger partial charge in [0.05, 0.1) is 5.25 Å². The fourth-order valence-electron chi connectivity index (χ4n) is 2.83. The third-order valence-corrected chi connectivity index (χ3v) is 5.68. The quantitative estimate of drug-likeness (QED) is 0.362. The maximum absolute atomic E-state index is 13.8. The van der Waals surface area contributed by atoms with Gasteiger partial charge in [-0.15, -0.1) is 16.8 Å². The Morgan fingerprint density at radius 3 is 2.62 bits per heavy atom. The van der Waals surface area contributed by atoms with Crippen LogP contribution in [0.4, 0.5) is 15.8 Å². The number of rotatable bonds is 10. The van der Waals surface area contributed by atoms with Crippen molar-refractivity contribution in [2.75, 3.05) is 24.3 Å². The van der Waals surface area contributed by atoms with Crippen LogP contribution in [0.2, 0.25) is 0 Å². The molecule has 1 heterocycles. The van der Waals surface area contributed by atoms with Crippen molar-refractivity contribution in [2.24, 2.45) is 0 Å². The number of para-hydroxylation sites is 1. The molecule has 0 saturated heterocycles. The van der Waals surface area contributed by atoms with Crippen molar-refractivity contribution in [1.29, 1.82) is 0 Å². The minimum atomic E-state index is -0.444. The fourth-order valence-corrected chi connectivity index (χ4v) is 3.71. The Labute approximate surface area is 191 Å². The fraction of sp³-hybridized carbons (Fsp3) is 0.261. The second kappa shape index (κ2) is 10.8. The summed E-state index contributed by atoms with van der Waals surface area (Å²) in [6.07, 6.45) is 1.71. The number of hydrogen-bond acceptors (Lipinski definition) is 6. The van der Waals surface area contributed by atoms with E-state index in [1.807, 2.05) is 43.3 Å². The zero-order valence-corrected chi connectivity index (χ0v) is 19.1. The van der Waals surface area contributed by atoms with Crippen molar-refractivity contribution in [3.63, 3.8) is 0 Å². The van der Waals surface area contributed by atoms with Gasteiger partial charge in [0, 0.05) is 32.0 Å². The summed E-state index contributed by atoms with van der Waals surface area (Å²) in [6.45, 7) is 6.05. The Morgan fingerprint density at radius 1 is 1.25 bits per heavy atom. The third-order valence-electron chi connectivity index (χ3n) is 4.60. The van der Waals surface area contributed by atoms with Crippen LogP contribution >= 0.6 is 11.8 Å². The van der Waals surface area contributed by atoms with Gasteiger partial charge in [0.2, 0.25) is 5.91 Å². The predicted molar refractivity (Wildman–Crippen MR) is 126 cm³/mol. The van der Waals surface area contributed by atoms with Crippen LogP contribution in [-0.2, 0) is 17.9 Å². The maximum atomic E-state index is 13.8. The number of carbonyl (C=O) groups excluding carboxylic acids is 1. The summed E-state index contributed by atoms with van der Waals surface area (Å²) in [6, 6.07) is 13.8. The smallest absolute Gasteiger partial charge is 0.237 e. The Morgan fingerprint density at radius 2 is 1.97 bits per heavy atom. The van der Waals surface area contributed by atoms with E-state index in [0.29, 0.717) is 17.5 Å². The first-order chi connectivity index (χ1) is 15.4. The second-order valence-electron chi connectivity index (χ2n) is 7.21. The topological polar surface area (TPSA) is 72.3 Å². The van der Waals surface area contributed by atoms with Crippen molar-refractivity contribution in [1.82, 2.24) is 14.8 Å². The molecule has 1 amide bonds. The van der Waals surface area contributed by atoms with Gasteiger partial charge in [-0.05, 0) is 43.3 Å². The largest absolute Gasteiger partial charge is 0.483 e. The number of aromatic nitrogens is 3.